The second kappa shape index (κ2) is 6.19. The number of rotatable bonds is 2. The molecule has 1 atom stereocenters. The second-order valence-corrected chi connectivity index (χ2v) is 5.28. The van der Waals surface area contributed by atoms with Crippen LogP contribution in [0.5, 0.6) is 0 Å². The lowest BCUT2D eigenvalue weighted by atomic mass is 10.2. The standard InChI is InChI=1S/C14H14F3N5O2/c1-21-12(23)6-10(9-2-3-18-8-19-9)20-13(21)22-4-5-24-11(7-22)14(15,16)17/h2-3,6,8,11H,4-5,7H2,1H3/t11-/m0/s1. The van der Waals surface area contributed by atoms with Crippen molar-refractivity contribution in [1.82, 2.24) is 19.5 Å². The van der Waals surface area contributed by atoms with Gasteiger partial charge in [0.25, 0.3) is 5.56 Å². The van der Waals surface area contributed by atoms with Gasteiger partial charge in [-0.25, -0.2) is 15.0 Å². The van der Waals surface area contributed by atoms with E-state index in [0.717, 1.165) is 0 Å². The van der Waals surface area contributed by atoms with Gasteiger partial charge in [0.2, 0.25) is 5.95 Å². The van der Waals surface area contributed by atoms with Crippen LogP contribution in [0.15, 0.2) is 29.5 Å². The average Bonchev–Trinajstić information content (AvgIpc) is 2.57. The van der Waals surface area contributed by atoms with Gasteiger partial charge in [-0.1, -0.05) is 0 Å². The molecule has 1 aliphatic rings. The monoisotopic (exact) mass is 341 g/mol. The summed E-state index contributed by atoms with van der Waals surface area (Å²) >= 11 is 0. The molecule has 1 aliphatic heterocycles. The Morgan fingerprint density at radius 2 is 2.12 bits per heavy atom. The van der Waals surface area contributed by atoms with E-state index in [2.05, 4.69) is 15.0 Å². The van der Waals surface area contributed by atoms with Gasteiger partial charge < -0.3 is 9.64 Å². The van der Waals surface area contributed by atoms with Crippen LogP contribution < -0.4 is 10.5 Å². The van der Waals surface area contributed by atoms with E-state index in [1.165, 1.54) is 35.1 Å². The van der Waals surface area contributed by atoms with Crippen molar-refractivity contribution in [3.8, 4) is 11.4 Å². The summed E-state index contributed by atoms with van der Waals surface area (Å²) in [6, 6.07) is 2.86. The van der Waals surface area contributed by atoms with Gasteiger partial charge in [0.1, 0.15) is 6.33 Å². The van der Waals surface area contributed by atoms with Crippen LogP contribution in [0.2, 0.25) is 0 Å². The fraction of sp³-hybridized carbons (Fsp3) is 0.429. The van der Waals surface area contributed by atoms with E-state index in [9.17, 15) is 18.0 Å². The minimum Gasteiger partial charge on any atom is -0.365 e. The van der Waals surface area contributed by atoms with E-state index in [-0.39, 0.29) is 30.4 Å². The van der Waals surface area contributed by atoms with Gasteiger partial charge in [-0.2, -0.15) is 13.2 Å². The Morgan fingerprint density at radius 1 is 1.33 bits per heavy atom. The summed E-state index contributed by atoms with van der Waals surface area (Å²) in [5.41, 5.74) is 0.318. The smallest absolute Gasteiger partial charge is 0.365 e. The molecule has 0 bridgehead atoms. The fourth-order valence-electron chi connectivity index (χ4n) is 2.41. The van der Waals surface area contributed by atoms with Gasteiger partial charge in [0.15, 0.2) is 6.10 Å². The molecule has 0 aromatic carbocycles. The number of alkyl halides is 3. The number of hydrogen-bond acceptors (Lipinski definition) is 6. The second-order valence-electron chi connectivity index (χ2n) is 5.28. The van der Waals surface area contributed by atoms with E-state index >= 15 is 0 Å². The third-order valence-corrected chi connectivity index (χ3v) is 3.67. The van der Waals surface area contributed by atoms with Crippen LogP contribution in [0.1, 0.15) is 0 Å². The van der Waals surface area contributed by atoms with Gasteiger partial charge in [0.05, 0.1) is 24.5 Å². The third-order valence-electron chi connectivity index (χ3n) is 3.67. The van der Waals surface area contributed by atoms with Crippen LogP contribution in [0, 0.1) is 0 Å². The molecule has 7 nitrogen and oxygen atoms in total. The average molecular weight is 341 g/mol. The predicted molar refractivity (Wildman–Crippen MR) is 78.5 cm³/mol. The molecule has 0 saturated carbocycles. The zero-order valence-corrected chi connectivity index (χ0v) is 12.7. The summed E-state index contributed by atoms with van der Waals surface area (Å²) in [6.07, 6.45) is -3.58. The Balaban J connectivity index is 1.98. The first-order valence-electron chi connectivity index (χ1n) is 7.14. The molecule has 0 aliphatic carbocycles. The number of aromatic nitrogens is 4. The maximum Gasteiger partial charge on any atom is 0.416 e. The van der Waals surface area contributed by atoms with Crippen molar-refractivity contribution in [3.63, 3.8) is 0 Å². The molecule has 2 aromatic heterocycles. The highest BCUT2D eigenvalue weighted by atomic mass is 19.4. The van der Waals surface area contributed by atoms with E-state index in [4.69, 9.17) is 4.74 Å². The van der Waals surface area contributed by atoms with Gasteiger partial charge >= 0.3 is 6.18 Å². The van der Waals surface area contributed by atoms with Crippen molar-refractivity contribution < 1.29 is 17.9 Å². The molecule has 0 amide bonds. The molecular formula is C14H14F3N5O2. The number of ether oxygens (including phenoxy) is 1. The van der Waals surface area contributed by atoms with Crippen molar-refractivity contribution in [3.05, 3.63) is 35.0 Å². The molecule has 1 fully saturated rings. The van der Waals surface area contributed by atoms with Crippen molar-refractivity contribution in [1.29, 1.82) is 0 Å². The van der Waals surface area contributed by atoms with E-state index < -0.39 is 18.8 Å². The summed E-state index contributed by atoms with van der Waals surface area (Å²) in [5, 5.41) is 0. The molecule has 128 valence electrons. The highest BCUT2D eigenvalue weighted by molar-refractivity contribution is 5.55. The molecule has 0 unspecified atom stereocenters. The Labute approximate surface area is 134 Å². The highest BCUT2D eigenvalue weighted by Gasteiger charge is 2.44. The molecule has 24 heavy (non-hydrogen) atoms. The lowest BCUT2D eigenvalue weighted by molar-refractivity contribution is -0.221. The van der Waals surface area contributed by atoms with Gasteiger partial charge in [-0.05, 0) is 6.07 Å². The first-order valence-corrected chi connectivity index (χ1v) is 7.14. The fourth-order valence-corrected chi connectivity index (χ4v) is 2.41. The van der Waals surface area contributed by atoms with Crippen molar-refractivity contribution in [2.75, 3.05) is 24.6 Å². The number of anilines is 1. The Kier molecular flexibility index (Phi) is 4.22. The van der Waals surface area contributed by atoms with E-state index in [0.29, 0.717) is 5.69 Å². The predicted octanol–water partition coefficient (Wildman–Crippen LogP) is 1.00. The topological polar surface area (TPSA) is 73.1 Å². The number of halogens is 3. The number of hydrogen-bond donors (Lipinski definition) is 0. The maximum atomic E-state index is 12.9. The van der Waals surface area contributed by atoms with Gasteiger partial charge in [-0.3, -0.25) is 9.36 Å². The van der Waals surface area contributed by atoms with Gasteiger partial charge in [-0.15, -0.1) is 0 Å². The van der Waals surface area contributed by atoms with Crippen molar-refractivity contribution >= 4 is 5.95 Å². The molecule has 1 saturated heterocycles. The molecule has 3 rings (SSSR count). The minimum absolute atomic E-state index is 0.0994. The van der Waals surface area contributed by atoms with E-state index in [1.54, 1.807) is 6.07 Å². The normalized spacial score (nSPS) is 18.7. The zero-order chi connectivity index (χ0) is 17.3. The summed E-state index contributed by atoms with van der Waals surface area (Å²) in [5.74, 6) is 0.147. The molecule has 10 heteroatoms. The molecule has 2 aromatic rings. The highest BCUT2D eigenvalue weighted by Crippen LogP contribution is 2.27. The van der Waals surface area contributed by atoms with E-state index in [1.807, 2.05) is 0 Å². The molecule has 3 heterocycles. The van der Waals surface area contributed by atoms with Crippen LogP contribution in [0.25, 0.3) is 11.4 Å². The Bertz CT molecular complexity index is 778. The Morgan fingerprint density at radius 3 is 2.79 bits per heavy atom. The minimum atomic E-state index is -4.47. The first kappa shape index (κ1) is 16.4. The maximum absolute atomic E-state index is 12.9. The molecule has 0 N–H and O–H groups in total. The van der Waals surface area contributed by atoms with Crippen LogP contribution in [-0.2, 0) is 11.8 Å². The van der Waals surface area contributed by atoms with Crippen molar-refractivity contribution in [2.45, 2.75) is 12.3 Å². The first-order chi connectivity index (χ1) is 11.4. The number of morpholine rings is 1. The summed E-state index contributed by atoms with van der Waals surface area (Å²) in [6.45, 7) is -0.311. The number of nitrogens with zero attached hydrogens (tertiary/aromatic N) is 5. The van der Waals surface area contributed by atoms with Crippen LogP contribution in [-0.4, -0.2) is 51.5 Å². The molecular weight excluding hydrogens is 327 g/mol. The van der Waals surface area contributed by atoms with Gasteiger partial charge in [0, 0.05) is 25.9 Å². The van der Waals surface area contributed by atoms with Crippen LogP contribution >= 0.6 is 0 Å². The summed E-state index contributed by atoms with van der Waals surface area (Å²) in [4.78, 5) is 25.7. The Hall–Kier alpha value is -2.49. The largest absolute Gasteiger partial charge is 0.416 e. The molecule has 0 radical (unpaired) electrons. The SMILES string of the molecule is Cn1c(N2CCO[C@H](C(F)(F)F)C2)nc(-c2ccncn2)cc1=O. The van der Waals surface area contributed by atoms with Crippen molar-refractivity contribution in [2.24, 2.45) is 7.05 Å². The zero-order valence-electron chi connectivity index (χ0n) is 12.7. The molecule has 0 spiro atoms. The van der Waals surface area contributed by atoms with Crippen LogP contribution in [0.3, 0.4) is 0 Å². The lowest BCUT2D eigenvalue weighted by Crippen LogP contribution is -2.50. The lowest BCUT2D eigenvalue weighted by Gasteiger charge is -2.35. The quantitative estimate of drug-likeness (QED) is 0.812. The van der Waals surface area contributed by atoms with Crippen LogP contribution in [0.4, 0.5) is 19.1 Å². The summed E-state index contributed by atoms with van der Waals surface area (Å²) < 4.78 is 44.7. The summed E-state index contributed by atoms with van der Waals surface area (Å²) in [7, 11) is 1.46. The third kappa shape index (κ3) is 3.23.